The molecule has 17 heteroatoms. The molecule has 0 radical (unpaired) electrons. The van der Waals surface area contributed by atoms with E-state index in [-0.39, 0.29) is 19.2 Å². The summed E-state index contributed by atoms with van der Waals surface area (Å²) in [7, 11) is 0. The molecule has 0 bridgehead atoms. The van der Waals surface area contributed by atoms with E-state index in [9.17, 15) is 4.79 Å². The first kappa shape index (κ1) is 43.8. The molecule has 17 nitrogen and oxygen atoms in total. The van der Waals surface area contributed by atoms with Crippen LogP contribution in [-0.2, 0) is 35.8 Å². The van der Waals surface area contributed by atoms with E-state index < -0.39 is 0 Å². The molecule has 61 heavy (non-hydrogen) atoms. The van der Waals surface area contributed by atoms with Gasteiger partial charge in [-0.05, 0) is 37.6 Å². The summed E-state index contributed by atoms with van der Waals surface area (Å²) in [4.78, 5) is 53.4. The largest absolute Gasteiger partial charge is 0.455 e. The summed E-state index contributed by atoms with van der Waals surface area (Å²) in [5, 5.41) is 0. The Morgan fingerprint density at radius 3 is 1.59 bits per heavy atom. The van der Waals surface area contributed by atoms with Gasteiger partial charge in [-0.2, -0.15) is 19.9 Å². The van der Waals surface area contributed by atoms with Crippen molar-refractivity contribution in [2.75, 3.05) is 62.4 Å². The van der Waals surface area contributed by atoms with Crippen LogP contribution >= 0.6 is 0 Å². The maximum absolute atomic E-state index is 10.2. The minimum Gasteiger partial charge on any atom is -0.455 e. The molecule has 4 aromatic heterocycles. The molecule has 0 amide bonds. The Hall–Kier alpha value is -6.82. The number of carbonyl (C=O) groups excluding carboxylic acids is 1. The van der Waals surface area contributed by atoms with Crippen LogP contribution in [0.15, 0.2) is 103 Å². The highest BCUT2D eigenvalue weighted by atomic mass is 16.5. The SMILES string of the molecule is Cc1cccc(C=NCc2cc(N3CCOCC3)nc(OCc3ncccn3)n2)c1.Cc1cccc(C=O)c1.NCc1cc(N2CCOCC2)nc(OCc2ncccn2)n1. The quantitative estimate of drug-likeness (QED) is 0.125. The summed E-state index contributed by atoms with van der Waals surface area (Å²) in [6, 6.07) is 23.7. The molecule has 0 atom stereocenters. The second kappa shape index (κ2) is 23.7. The Bertz CT molecular complexity index is 2280. The van der Waals surface area contributed by atoms with Crippen LogP contribution in [0.5, 0.6) is 12.0 Å². The lowest BCUT2D eigenvalue weighted by Crippen LogP contribution is -2.37. The number of aromatic nitrogens is 8. The van der Waals surface area contributed by atoms with Crippen LogP contribution < -0.4 is 25.0 Å². The minimum absolute atomic E-state index is 0.208. The van der Waals surface area contributed by atoms with Gasteiger partial charge in [0, 0.05) is 81.4 Å². The summed E-state index contributed by atoms with van der Waals surface area (Å²) in [5.41, 5.74) is 11.4. The average molecular weight is 827 g/mol. The lowest BCUT2D eigenvalue weighted by Gasteiger charge is -2.28. The Labute approximate surface area is 355 Å². The van der Waals surface area contributed by atoms with Crippen molar-refractivity contribution in [2.45, 2.75) is 40.2 Å². The molecule has 0 aliphatic carbocycles. The molecule has 6 aromatic rings. The number of nitrogens with two attached hydrogens (primary N) is 1. The summed E-state index contributed by atoms with van der Waals surface area (Å²) in [5.74, 6) is 2.79. The highest BCUT2D eigenvalue weighted by Gasteiger charge is 2.17. The summed E-state index contributed by atoms with van der Waals surface area (Å²) < 4.78 is 22.2. The fraction of sp³-hybridized carbons (Fsp3) is 0.318. The number of nitrogens with zero attached hydrogens (tertiary/aromatic N) is 11. The van der Waals surface area contributed by atoms with E-state index in [0.29, 0.717) is 57.2 Å². The maximum atomic E-state index is 10.2. The number of rotatable bonds is 13. The Balaban J connectivity index is 0.000000175. The second-order valence-corrected chi connectivity index (χ2v) is 13.7. The molecular weight excluding hydrogens is 777 g/mol. The van der Waals surface area contributed by atoms with Gasteiger partial charge in [0.2, 0.25) is 0 Å². The van der Waals surface area contributed by atoms with Crippen molar-refractivity contribution in [3.05, 3.63) is 143 Å². The van der Waals surface area contributed by atoms with Crippen LogP contribution in [0, 0.1) is 13.8 Å². The third-order valence-corrected chi connectivity index (χ3v) is 8.98. The van der Waals surface area contributed by atoms with Gasteiger partial charge in [-0.1, -0.05) is 53.6 Å². The smallest absolute Gasteiger partial charge is 0.319 e. The first-order valence-corrected chi connectivity index (χ1v) is 19.9. The van der Waals surface area contributed by atoms with Crippen molar-refractivity contribution < 1.29 is 23.7 Å². The molecule has 0 saturated carbocycles. The highest BCUT2D eigenvalue weighted by molar-refractivity contribution is 5.79. The zero-order valence-electron chi connectivity index (χ0n) is 34.4. The van der Waals surface area contributed by atoms with Crippen LogP contribution in [0.3, 0.4) is 0 Å². The van der Waals surface area contributed by atoms with E-state index in [1.165, 1.54) is 5.56 Å². The zero-order chi connectivity index (χ0) is 42.5. The van der Waals surface area contributed by atoms with E-state index >= 15 is 0 Å². The number of aldehydes is 1. The van der Waals surface area contributed by atoms with Crippen LogP contribution in [0.25, 0.3) is 0 Å². The molecule has 316 valence electrons. The first-order valence-electron chi connectivity index (χ1n) is 19.9. The van der Waals surface area contributed by atoms with Gasteiger partial charge in [-0.25, -0.2) is 19.9 Å². The fourth-order valence-corrected chi connectivity index (χ4v) is 5.95. The zero-order valence-corrected chi connectivity index (χ0v) is 34.4. The maximum Gasteiger partial charge on any atom is 0.319 e. The van der Waals surface area contributed by atoms with Crippen LogP contribution in [0.1, 0.15) is 50.1 Å². The third-order valence-electron chi connectivity index (χ3n) is 8.98. The predicted molar refractivity (Wildman–Crippen MR) is 230 cm³/mol. The van der Waals surface area contributed by atoms with Gasteiger partial charge in [0.15, 0.2) is 24.9 Å². The summed E-state index contributed by atoms with van der Waals surface area (Å²) >= 11 is 0. The fourth-order valence-electron chi connectivity index (χ4n) is 5.95. The van der Waals surface area contributed by atoms with Crippen molar-refractivity contribution in [3.8, 4) is 12.0 Å². The number of carbonyl (C=O) groups is 1. The molecule has 2 fully saturated rings. The van der Waals surface area contributed by atoms with Gasteiger partial charge in [0.1, 0.15) is 17.9 Å². The van der Waals surface area contributed by atoms with E-state index in [4.69, 9.17) is 24.7 Å². The molecular formula is C44H50N12O5. The van der Waals surface area contributed by atoms with Gasteiger partial charge in [0.25, 0.3) is 0 Å². The van der Waals surface area contributed by atoms with Crippen molar-refractivity contribution in [1.29, 1.82) is 0 Å². The number of benzene rings is 2. The minimum atomic E-state index is 0.208. The third kappa shape index (κ3) is 14.8. The molecule has 8 rings (SSSR count). The number of hydrogen-bond acceptors (Lipinski definition) is 17. The standard InChI is InChI=1S/C22H24N6O2.C14H18N6O2.C8H8O/c1-17-4-2-5-18(12-17)14-23-15-19-13-21(28-8-10-29-11-9-28)27-22(26-19)30-16-20-24-6-3-7-25-20;15-9-11-8-13(20-4-6-21-7-5-20)19-14(18-11)22-10-12-16-2-1-3-17-12;1-7-3-2-4-8(5-7)6-9/h2-7,12-14H,8-11,15-16H2,1H3;1-3,8H,4-7,9-10,15H2;2-6H,1H3. The topological polar surface area (TPSA) is 202 Å². The number of hydrogen-bond donors (Lipinski definition) is 1. The van der Waals surface area contributed by atoms with Gasteiger partial charge in [-0.15, -0.1) is 0 Å². The summed E-state index contributed by atoms with van der Waals surface area (Å²) in [6.45, 7) is 11.1. The molecule has 2 saturated heterocycles. The van der Waals surface area contributed by atoms with E-state index in [2.05, 4.69) is 73.7 Å². The number of aryl methyl sites for hydroxylation is 2. The molecule has 0 spiro atoms. The molecule has 0 unspecified atom stereocenters. The molecule has 6 heterocycles. The van der Waals surface area contributed by atoms with Gasteiger partial charge >= 0.3 is 12.0 Å². The van der Waals surface area contributed by atoms with Crippen LogP contribution in [0.4, 0.5) is 11.6 Å². The average Bonchev–Trinajstić information content (AvgIpc) is 3.32. The Kier molecular flexibility index (Phi) is 17.0. The second-order valence-electron chi connectivity index (χ2n) is 13.7. The number of aliphatic imine (C=N–C) groups is 1. The van der Waals surface area contributed by atoms with Crippen molar-refractivity contribution in [1.82, 2.24) is 39.9 Å². The van der Waals surface area contributed by atoms with Gasteiger partial charge < -0.3 is 34.5 Å². The van der Waals surface area contributed by atoms with E-state index in [0.717, 1.165) is 72.2 Å². The molecule has 2 aromatic carbocycles. The van der Waals surface area contributed by atoms with Crippen LogP contribution in [0.2, 0.25) is 0 Å². The Morgan fingerprint density at radius 2 is 1.11 bits per heavy atom. The normalized spacial score (nSPS) is 13.7. The van der Waals surface area contributed by atoms with Crippen molar-refractivity contribution >= 4 is 24.1 Å². The number of morpholine rings is 2. The lowest BCUT2D eigenvalue weighted by atomic mass is 10.1. The van der Waals surface area contributed by atoms with Gasteiger partial charge in [0.05, 0.1) is 44.4 Å². The lowest BCUT2D eigenvalue weighted by molar-refractivity contribution is 0.112. The number of anilines is 2. The van der Waals surface area contributed by atoms with Crippen LogP contribution in [-0.4, -0.2) is 105 Å². The molecule has 2 N–H and O–H groups in total. The summed E-state index contributed by atoms with van der Waals surface area (Å²) in [6.07, 6.45) is 9.42. The Morgan fingerprint density at radius 1 is 0.639 bits per heavy atom. The predicted octanol–water partition coefficient (Wildman–Crippen LogP) is 4.56. The molecule has 2 aliphatic heterocycles. The van der Waals surface area contributed by atoms with E-state index in [1.54, 1.807) is 43.0 Å². The first-order chi connectivity index (χ1) is 29.9. The number of ether oxygens (including phenoxy) is 4. The van der Waals surface area contributed by atoms with E-state index in [1.807, 2.05) is 55.6 Å². The highest BCUT2D eigenvalue weighted by Crippen LogP contribution is 2.20. The van der Waals surface area contributed by atoms with Crippen molar-refractivity contribution in [3.63, 3.8) is 0 Å². The molecule has 2 aliphatic rings. The monoisotopic (exact) mass is 826 g/mol. The van der Waals surface area contributed by atoms with Gasteiger partial charge in [-0.3, -0.25) is 9.79 Å². The van der Waals surface area contributed by atoms with Crippen molar-refractivity contribution in [2.24, 2.45) is 10.7 Å².